The molecule has 88 valence electrons. The summed E-state index contributed by atoms with van der Waals surface area (Å²) in [4.78, 5) is 11.5. The maximum Gasteiger partial charge on any atom is 0.319 e. The van der Waals surface area contributed by atoms with Gasteiger partial charge in [-0.1, -0.05) is 23.2 Å². The number of anilines is 1. The maximum absolute atomic E-state index is 11.5. The summed E-state index contributed by atoms with van der Waals surface area (Å²) < 4.78 is 0. The Morgan fingerprint density at radius 2 is 2.19 bits per heavy atom. The summed E-state index contributed by atoms with van der Waals surface area (Å²) in [6, 6.07) is 4.39. The van der Waals surface area contributed by atoms with Crippen LogP contribution in [0.3, 0.4) is 0 Å². The van der Waals surface area contributed by atoms with E-state index in [0.29, 0.717) is 22.3 Å². The highest BCUT2D eigenvalue weighted by Gasteiger charge is 2.08. The number of nitrogens with two attached hydrogens (primary N) is 1. The van der Waals surface area contributed by atoms with Gasteiger partial charge in [-0.3, -0.25) is 0 Å². The molecule has 4 N–H and O–H groups in total. The van der Waals surface area contributed by atoms with Crippen LogP contribution in [0.25, 0.3) is 0 Å². The van der Waals surface area contributed by atoms with Gasteiger partial charge in [0.2, 0.25) is 0 Å². The molecule has 0 saturated heterocycles. The van der Waals surface area contributed by atoms with E-state index in [9.17, 15) is 4.79 Å². The van der Waals surface area contributed by atoms with Crippen molar-refractivity contribution in [1.82, 2.24) is 5.32 Å². The molecule has 0 unspecified atom stereocenters. The van der Waals surface area contributed by atoms with Crippen molar-refractivity contribution >= 4 is 34.9 Å². The van der Waals surface area contributed by atoms with Crippen molar-refractivity contribution in [2.75, 3.05) is 11.9 Å². The molecule has 2 amide bonds. The molecule has 0 spiro atoms. The number of carbonyl (C=O) groups is 1. The van der Waals surface area contributed by atoms with E-state index in [0.717, 1.165) is 0 Å². The monoisotopic (exact) mass is 261 g/mol. The molecule has 0 aliphatic rings. The summed E-state index contributed by atoms with van der Waals surface area (Å²) in [6.07, 6.45) is 0. The molecule has 16 heavy (non-hydrogen) atoms. The molecule has 0 radical (unpaired) electrons. The van der Waals surface area contributed by atoms with Crippen LogP contribution in [0.2, 0.25) is 10.0 Å². The maximum atomic E-state index is 11.5. The highest BCUT2D eigenvalue weighted by Crippen LogP contribution is 2.25. The minimum atomic E-state index is -0.359. The SMILES string of the molecule is C[C@H](CN)NC(=O)Nc1cc(Cl)ccc1Cl. The lowest BCUT2D eigenvalue weighted by Gasteiger charge is -2.13. The third-order valence-corrected chi connectivity index (χ3v) is 2.47. The van der Waals surface area contributed by atoms with Crippen molar-refractivity contribution < 1.29 is 4.79 Å². The van der Waals surface area contributed by atoms with Crippen LogP contribution < -0.4 is 16.4 Å². The molecule has 0 aromatic heterocycles. The number of amides is 2. The molecule has 0 fully saturated rings. The Balaban J connectivity index is 2.65. The van der Waals surface area contributed by atoms with Crippen LogP contribution in [0.1, 0.15) is 6.92 Å². The smallest absolute Gasteiger partial charge is 0.319 e. The average Bonchev–Trinajstić information content (AvgIpc) is 2.23. The van der Waals surface area contributed by atoms with Gasteiger partial charge in [0.15, 0.2) is 0 Å². The third-order valence-electron chi connectivity index (χ3n) is 1.91. The fourth-order valence-electron chi connectivity index (χ4n) is 1.03. The second-order valence-corrected chi connectivity index (χ2v) is 4.20. The molecule has 4 nitrogen and oxygen atoms in total. The zero-order valence-electron chi connectivity index (χ0n) is 8.76. The fourth-order valence-corrected chi connectivity index (χ4v) is 1.37. The van der Waals surface area contributed by atoms with Crippen LogP contribution in [0.15, 0.2) is 18.2 Å². The van der Waals surface area contributed by atoms with Crippen molar-refractivity contribution in [3.63, 3.8) is 0 Å². The summed E-state index contributed by atoms with van der Waals surface area (Å²) in [6.45, 7) is 2.18. The second kappa shape index (κ2) is 5.94. The number of benzene rings is 1. The van der Waals surface area contributed by atoms with Gasteiger partial charge in [0.1, 0.15) is 0 Å². The summed E-state index contributed by atoms with van der Waals surface area (Å²) in [7, 11) is 0. The lowest BCUT2D eigenvalue weighted by molar-refractivity contribution is 0.249. The topological polar surface area (TPSA) is 67.1 Å². The van der Waals surface area contributed by atoms with Gasteiger partial charge in [0.25, 0.3) is 0 Å². The molecule has 6 heteroatoms. The van der Waals surface area contributed by atoms with E-state index < -0.39 is 0 Å². The predicted molar refractivity (Wildman–Crippen MR) is 67.1 cm³/mol. The van der Waals surface area contributed by atoms with Gasteiger partial charge in [0.05, 0.1) is 10.7 Å². The summed E-state index contributed by atoms with van der Waals surface area (Å²) in [5, 5.41) is 6.18. The highest BCUT2D eigenvalue weighted by molar-refractivity contribution is 6.35. The number of urea groups is 1. The van der Waals surface area contributed by atoms with E-state index in [1.165, 1.54) is 0 Å². The van der Waals surface area contributed by atoms with E-state index in [1.807, 2.05) is 0 Å². The number of halogens is 2. The van der Waals surface area contributed by atoms with Crippen LogP contribution in [0.4, 0.5) is 10.5 Å². The minimum Gasteiger partial charge on any atom is -0.334 e. The zero-order chi connectivity index (χ0) is 12.1. The van der Waals surface area contributed by atoms with Gasteiger partial charge in [-0.2, -0.15) is 0 Å². The van der Waals surface area contributed by atoms with E-state index in [-0.39, 0.29) is 12.1 Å². The first-order valence-electron chi connectivity index (χ1n) is 4.75. The number of nitrogens with one attached hydrogen (secondary N) is 2. The van der Waals surface area contributed by atoms with Crippen molar-refractivity contribution in [3.8, 4) is 0 Å². The van der Waals surface area contributed by atoms with Crippen LogP contribution in [-0.4, -0.2) is 18.6 Å². The van der Waals surface area contributed by atoms with E-state index in [1.54, 1.807) is 25.1 Å². The summed E-state index contributed by atoms with van der Waals surface area (Å²) in [5.41, 5.74) is 5.85. The van der Waals surface area contributed by atoms with Crippen molar-refractivity contribution in [2.24, 2.45) is 5.73 Å². The minimum absolute atomic E-state index is 0.0991. The second-order valence-electron chi connectivity index (χ2n) is 3.36. The largest absolute Gasteiger partial charge is 0.334 e. The predicted octanol–water partition coefficient (Wildman–Crippen LogP) is 2.46. The Labute approximate surface area is 104 Å². The average molecular weight is 262 g/mol. The molecule has 1 rings (SSSR count). The Bertz CT molecular complexity index is 384. The molecule has 0 heterocycles. The lowest BCUT2D eigenvalue weighted by atomic mass is 10.3. The van der Waals surface area contributed by atoms with Crippen molar-refractivity contribution in [1.29, 1.82) is 0 Å². The fraction of sp³-hybridized carbons (Fsp3) is 0.300. The number of rotatable bonds is 3. The van der Waals surface area contributed by atoms with Crippen LogP contribution >= 0.6 is 23.2 Å². The first-order valence-corrected chi connectivity index (χ1v) is 5.51. The van der Waals surface area contributed by atoms with Crippen LogP contribution in [-0.2, 0) is 0 Å². The van der Waals surface area contributed by atoms with Crippen molar-refractivity contribution in [2.45, 2.75) is 13.0 Å². The molecular weight excluding hydrogens is 249 g/mol. The van der Waals surface area contributed by atoms with Gasteiger partial charge < -0.3 is 16.4 Å². The van der Waals surface area contributed by atoms with Crippen molar-refractivity contribution in [3.05, 3.63) is 28.2 Å². The molecule has 0 bridgehead atoms. The molecule has 0 aliphatic carbocycles. The van der Waals surface area contributed by atoms with Gasteiger partial charge in [-0.25, -0.2) is 4.79 Å². The quantitative estimate of drug-likeness (QED) is 0.783. The van der Waals surface area contributed by atoms with Gasteiger partial charge in [-0.15, -0.1) is 0 Å². The number of hydrogen-bond donors (Lipinski definition) is 3. The first-order chi connectivity index (χ1) is 7.52. The zero-order valence-corrected chi connectivity index (χ0v) is 10.3. The lowest BCUT2D eigenvalue weighted by Crippen LogP contribution is -2.40. The Morgan fingerprint density at radius 1 is 1.50 bits per heavy atom. The Morgan fingerprint density at radius 3 is 2.81 bits per heavy atom. The Kier molecular flexibility index (Phi) is 4.86. The summed E-state index contributed by atoms with van der Waals surface area (Å²) >= 11 is 11.7. The molecule has 0 aliphatic heterocycles. The van der Waals surface area contributed by atoms with Gasteiger partial charge >= 0.3 is 6.03 Å². The molecule has 1 aromatic carbocycles. The van der Waals surface area contributed by atoms with Gasteiger partial charge in [0, 0.05) is 17.6 Å². The standard InChI is InChI=1S/C10H13Cl2N3O/c1-6(5-13)14-10(16)15-9-4-7(11)2-3-8(9)12/h2-4,6H,5,13H2,1H3,(H2,14,15,16)/t6-/m1/s1. The van der Waals surface area contributed by atoms with Crippen LogP contribution in [0, 0.1) is 0 Å². The third kappa shape index (κ3) is 3.89. The molecule has 1 atom stereocenters. The molecule has 1 aromatic rings. The number of hydrogen-bond acceptors (Lipinski definition) is 2. The Hall–Kier alpha value is -0.970. The van der Waals surface area contributed by atoms with Gasteiger partial charge in [-0.05, 0) is 25.1 Å². The van der Waals surface area contributed by atoms with Crippen LogP contribution in [0.5, 0.6) is 0 Å². The molecular formula is C10H13Cl2N3O. The van der Waals surface area contributed by atoms with E-state index >= 15 is 0 Å². The normalized spacial score (nSPS) is 12.0. The summed E-state index contributed by atoms with van der Waals surface area (Å²) in [5.74, 6) is 0. The highest BCUT2D eigenvalue weighted by atomic mass is 35.5. The number of carbonyl (C=O) groups excluding carboxylic acids is 1. The first kappa shape index (κ1) is 13.1. The van der Waals surface area contributed by atoms with E-state index in [4.69, 9.17) is 28.9 Å². The van der Waals surface area contributed by atoms with E-state index in [2.05, 4.69) is 10.6 Å². The molecule has 0 saturated carbocycles.